The number of hydrogen-bond donors (Lipinski definition) is 1. The number of Topliss-reactive ketones (excluding diaryl/α,β-unsaturated/α-hetero) is 1. The summed E-state index contributed by atoms with van der Waals surface area (Å²) in [5.74, 6) is -1.88. The zero-order valence-electron chi connectivity index (χ0n) is 12.8. The van der Waals surface area contributed by atoms with Gasteiger partial charge in [0.25, 0.3) is 21.8 Å². The number of aromatic nitrogens is 1. The molecule has 1 aliphatic heterocycles. The second-order valence-corrected chi connectivity index (χ2v) is 7.61. The molecular formula is C15H11N3O5S2. The van der Waals surface area contributed by atoms with Crippen LogP contribution in [0, 0.1) is 0 Å². The molecule has 0 saturated carbocycles. The highest BCUT2D eigenvalue weighted by atomic mass is 32.2. The molecule has 0 aliphatic carbocycles. The molecule has 10 heteroatoms. The number of carbonyl (C=O) groups excluding carboxylic acids is 3. The smallest absolute Gasteiger partial charge is 0.269 e. The van der Waals surface area contributed by atoms with E-state index in [-0.39, 0.29) is 21.3 Å². The first-order valence-electron chi connectivity index (χ1n) is 6.93. The standard InChI is InChI=1S/C15H11N3O5S2/c1-9(19)12-8-13(20)18(14(12)21)10-2-4-11(5-3-10)25(22,23)17-15-16-6-7-24-15/h2-8H,1H3,(H,16,17). The Balaban J connectivity index is 1.85. The summed E-state index contributed by atoms with van der Waals surface area (Å²) in [4.78, 5) is 40.0. The van der Waals surface area contributed by atoms with Crippen LogP contribution < -0.4 is 9.62 Å². The van der Waals surface area contributed by atoms with Crippen molar-refractivity contribution in [3.8, 4) is 0 Å². The summed E-state index contributed by atoms with van der Waals surface area (Å²) in [7, 11) is -3.83. The van der Waals surface area contributed by atoms with Gasteiger partial charge < -0.3 is 0 Å². The number of imide groups is 1. The van der Waals surface area contributed by atoms with Crippen molar-refractivity contribution in [2.45, 2.75) is 11.8 Å². The molecule has 2 aromatic rings. The summed E-state index contributed by atoms with van der Waals surface area (Å²) in [6.45, 7) is 1.19. The Bertz CT molecular complexity index is 992. The zero-order valence-corrected chi connectivity index (χ0v) is 14.4. The molecular weight excluding hydrogens is 366 g/mol. The SMILES string of the molecule is CC(=O)C1=CC(=O)N(c2ccc(S(=O)(=O)Nc3nccs3)cc2)C1=O. The predicted molar refractivity (Wildman–Crippen MR) is 90.6 cm³/mol. The van der Waals surface area contributed by atoms with Crippen LogP contribution in [0.25, 0.3) is 0 Å². The summed E-state index contributed by atoms with van der Waals surface area (Å²) in [6.07, 6.45) is 2.44. The highest BCUT2D eigenvalue weighted by Gasteiger charge is 2.34. The lowest BCUT2D eigenvalue weighted by molar-refractivity contribution is -0.121. The Kier molecular flexibility index (Phi) is 4.23. The monoisotopic (exact) mass is 377 g/mol. The molecule has 1 aromatic heterocycles. The van der Waals surface area contributed by atoms with Crippen LogP contribution in [0.5, 0.6) is 0 Å². The average Bonchev–Trinajstić information content (AvgIpc) is 3.15. The molecule has 25 heavy (non-hydrogen) atoms. The number of carbonyl (C=O) groups is 3. The highest BCUT2D eigenvalue weighted by Crippen LogP contribution is 2.25. The van der Waals surface area contributed by atoms with Crippen molar-refractivity contribution in [3.05, 3.63) is 47.5 Å². The maximum atomic E-state index is 12.3. The summed E-state index contributed by atoms with van der Waals surface area (Å²) < 4.78 is 26.8. The molecule has 2 heterocycles. The Morgan fingerprint density at radius 1 is 1.20 bits per heavy atom. The van der Waals surface area contributed by atoms with Gasteiger partial charge in [-0.3, -0.25) is 19.1 Å². The minimum atomic E-state index is -3.83. The van der Waals surface area contributed by atoms with Crippen LogP contribution in [0.2, 0.25) is 0 Å². The number of rotatable bonds is 5. The van der Waals surface area contributed by atoms with Gasteiger partial charge in [-0.15, -0.1) is 11.3 Å². The van der Waals surface area contributed by atoms with Crippen molar-refractivity contribution >= 4 is 49.8 Å². The van der Waals surface area contributed by atoms with Gasteiger partial charge in [0.15, 0.2) is 10.9 Å². The van der Waals surface area contributed by atoms with Gasteiger partial charge in [-0.2, -0.15) is 0 Å². The van der Waals surface area contributed by atoms with E-state index in [1.54, 1.807) is 5.38 Å². The van der Waals surface area contributed by atoms with E-state index in [9.17, 15) is 22.8 Å². The molecule has 0 spiro atoms. The minimum Gasteiger partial charge on any atom is -0.294 e. The quantitative estimate of drug-likeness (QED) is 0.621. The predicted octanol–water partition coefficient (Wildman–Crippen LogP) is 1.33. The molecule has 0 fully saturated rings. The van der Waals surface area contributed by atoms with E-state index in [4.69, 9.17) is 0 Å². The number of benzene rings is 1. The van der Waals surface area contributed by atoms with Crippen LogP contribution in [-0.2, 0) is 24.4 Å². The van der Waals surface area contributed by atoms with Crippen LogP contribution in [0.3, 0.4) is 0 Å². The van der Waals surface area contributed by atoms with Gasteiger partial charge in [0.2, 0.25) is 0 Å². The lowest BCUT2D eigenvalue weighted by Crippen LogP contribution is -2.31. The molecule has 0 atom stereocenters. The normalized spacial score (nSPS) is 14.6. The number of sulfonamides is 1. The van der Waals surface area contributed by atoms with Gasteiger partial charge in [0.05, 0.1) is 16.2 Å². The van der Waals surface area contributed by atoms with Crippen LogP contribution in [0.4, 0.5) is 10.8 Å². The number of hydrogen-bond acceptors (Lipinski definition) is 7. The Labute approximate surface area is 146 Å². The lowest BCUT2D eigenvalue weighted by Gasteiger charge is -2.15. The van der Waals surface area contributed by atoms with Crippen molar-refractivity contribution in [1.29, 1.82) is 0 Å². The van der Waals surface area contributed by atoms with Crippen LogP contribution >= 0.6 is 11.3 Å². The second kappa shape index (κ2) is 6.22. The second-order valence-electron chi connectivity index (χ2n) is 5.03. The maximum Gasteiger partial charge on any atom is 0.269 e. The molecule has 3 rings (SSSR count). The van der Waals surface area contributed by atoms with E-state index in [0.29, 0.717) is 0 Å². The first kappa shape index (κ1) is 17.0. The van der Waals surface area contributed by atoms with Gasteiger partial charge in [0.1, 0.15) is 0 Å². The van der Waals surface area contributed by atoms with Gasteiger partial charge in [0, 0.05) is 17.7 Å². The first-order chi connectivity index (χ1) is 11.8. The Morgan fingerprint density at radius 3 is 2.40 bits per heavy atom. The summed E-state index contributed by atoms with van der Waals surface area (Å²) in [5.41, 5.74) is -0.0252. The number of thiazole rings is 1. The van der Waals surface area contributed by atoms with Crippen molar-refractivity contribution in [1.82, 2.24) is 4.98 Å². The summed E-state index contributed by atoms with van der Waals surface area (Å²) >= 11 is 1.13. The molecule has 0 radical (unpaired) electrons. The summed E-state index contributed by atoms with van der Waals surface area (Å²) in [5, 5.41) is 1.86. The topological polar surface area (TPSA) is 114 Å². The number of nitrogens with zero attached hydrogens (tertiary/aromatic N) is 2. The number of amides is 2. The number of nitrogens with one attached hydrogen (secondary N) is 1. The average molecular weight is 377 g/mol. The third-order valence-corrected chi connectivity index (χ3v) is 5.53. The van der Waals surface area contributed by atoms with Gasteiger partial charge in [-0.25, -0.2) is 18.3 Å². The van der Waals surface area contributed by atoms with Crippen molar-refractivity contribution in [2.24, 2.45) is 0 Å². The molecule has 1 aliphatic rings. The molecule has 0 bridgehead atoms. The molecule has 1 N–H and O–H groups in total. The zero-order chi connectivity index (χ0) is 18.2. The molecule has 8 nitrogen and oxygen atoms in total. The van der Waals surface area contributed by atoms with E-state index < -0.39 is 27.6 Å². The Hall–Kier alpha value is -2.85. The third-order valence-electron chi connectivity index (χ3n) is 3.36. The van der Waals surface area contributed by atoms with E-state index in [2.05, 4.69) is 9.71 Å². The fraction of sp³-hybridized carbons (Fsp3) is 0.0667. The van der Waals surface area contributed by atoms with E-state index in [0.717, 1.165) is 22.3 Å². The largest absolute Gasteiger partial charge is 0.294 e. The van der Waals surface area contributed by atoms with Crippen LogP contribution in [0.15, 0.2) is 52.4 Å². The number of ketones is 1. The van der Waals surface area contributed by atoms with Gasteiger partial charge >= 0.3 is 0 Å². The maximum absolute atomic E-state index is 12.3. The molecule has 0 unspecified atom stereocenters. The Morgan fingerprint density at radius 2 is 1.88 bits per heavy atom. The van der Waals surface area contributed by atoms with Crippen molar-refractivity contribution < 1.29 is 22.8 Å². The molecule has 2 amide bonds. The van der Waals surface area contributed by atoms with E-state index in [1.807, 2.05) is 0 Å². The molecule has 1 aromatic carbocycles. The van der Waals surface area contributed by atoms with Crippen molar-refractivity contribution in [3.63, 3.8) is 0 Å². The summed E-state index contributed by atoms with van der Waals surface area (Å²) in [6, 6.07) is 5.17. The minimum absolute atomic E-state index is 0.0507. The third kappa shape index (κ3) is 3.21. The fourth-order valence-electron chi connectivity index (χ4n) is 2.19. The lowest BCUT2D eigenvalue weighted by atomic mass is 10.2. The molecule has 128 valence electrons. The van der Waals surface area contributed by atoms with Gasteiger partial charge in [-0.05, 0) is 31.2 Å². The van der Waals surface area contributed by atoms with Crippen LogP contribution in [0.1, 0.15) is 6.92 Å². The van der Waals surface area contributed by atoms with E-state index >= 15 is 0 Å². The van der Waals surface area contributed by atoms with Crippen molar-refractivity contribution in [2.75, 3.05) is 9.62 Å². The van der Waals surface area contributed by atoms with Gasteiger partial charge in [-0.1, -0.05) is 0 Å². The fourth-order valence-corrected chi connectivity index (χ4v) is 3.98. The molecule has 0 saturated heterocycles. The number of anilines is 2. The highest BCUT2D eigenvalue weighted by molar-refractivity contribution is 7.93. The van der Waals surface area contributed by atoms with Crippen LogP contribution in [-0.4, -0.2) is 31.0 Å². The first-order valence-corrected chi connectivity index (χ1v) is 9.29. The van der Waals surface area contributed by atoms with E-state index in [1.165, 1.54) is 37.4 Å².